The number of hydrogen-bond donors (Lipinski definition) is 1. The molecular weight excluding hydrogens is 240 g/mol. The van der Waals surface area contributed by atoms with E-state index < -0.39 is 0 Å². The van der Waals surface area contributed by atoms with Crippen molar-refractivity contribution in [3.8, 4) is 0 Å². The van der Waals surface area contributed by atoms with E-state index in [0.29, 0.717) is 19.1 Å². The Morgan fingerprint density at radius 1 is 1.32 bits per heavy atom. The SMILES string of the molecule is CCCC1NC(CC)N(C(COCC)C(C)C)C1=O. The molecule has 0 saturated carbocycles. The van der Waals surface area contributed by atoms with Crippen molar-refractivity contribution in [2.45, 2.75) is 72.1 Å². The van der Waals surface area contributed by atoms with Crippen LogP contribution in [0.3, 0.4) is 0 Å². The van der Waals surface area contributed by atoms with E-state index in [1.165, 1.54) is 0 Å². The summed E-state index contributed by atoms with van der Waals surface area (Å²) < 4.78 is 5.58. The maximum atomic E-state index is 12.6. The summed E-state index contributed by atoms with van der Waals surface area (Å²) in [6.07, 6.45) is 3.06. The van der Waals surface area contributed by atoms with Crippen LogP contribution < -0.4 is 5.32 Å². The predicted octanol–water partition coefficient (Wildman–Crippen LogP) is 2.38. The Kier molecular flexibility index (Phi) is 6.80. The Labute approximate surface area is 117 Å². The number of hydrogen-bond acceptors (Lipinski definition) is 3. The number of rotatable bonds is 8. The Bertz CT molecular complexity index is 281. The molecule has 0 aliphatic carbocycles. The van der Waals surface area contributed by atoms with Gasteiger partial charge in [-0.25, -0.2) is 0 Å². The van der Waals surface area contributed by atoms with Gasteiger partial charge in [-0.15, -0.1) is 0 Å². The molecule has 1 rings (SSSR count). The molecule has 4 heteroatoms. The molecule has 0 aromatic heterocycles. The number of ether oxygens (including phenoxy) is 1. The van der Waals surface area contributed by atoms with Gasteiger partial charge in [0.25, 0.3) is 0 Å². The van der Waals surface area contributed by atoms with Crippen molar-refractivity contribution in [2.75, 3.05) is 13.2 Å². The molecule has 1 heterocycles. The van der Waals surface area contributed by atoms with Gasteiger partial charge in [0.1, 0.15) is 0 Å². The van der Waals surface area contributed by atoms with E-state index in [-0.39, 0.29) is 24.2 Å². The molecule has 0 radical (unpaired) electrons. The molecule has 4 nitrogen and oxygen atoms in total. The first-order valence-corrected chi connectivity index (χ1v) is 7.72. The minimum atomic E-state index is -0.00201. The lowest BCUT2D eigenvalue weighted by molar-refractivity contribution is -0.135. The second-order valence-electron chi connectivity index (χ2n) is 5.65. The van der Waals surface area contributed by atoms with Crippen molar-refractivity contribution >= 4 is 5.91 Å². The van der Waals surface area contributed by atoms with Gasteiger partial charge >= 0.3 is 0 Å². The molecular formula is C15H30N2O2. The summed E-state index contributed by atoms with van der Waals surface area (Å²) in [6, 6.07) is 0.171. The lowest BCUT2D eigenvalue weighted by Gasteiger charge is -2.34. The first-order valence-electron chi connectivity index (χ1n) is 7.72. The van der Waals surface area contributed by atoms with Crippen LogP contribution in [0.25, 0.3) is 0 Å². The Balaban J connectivity index is 2.82. The molecule has 112 valence electrons. The molecule has 0 spiro atoms. The summed E-state index contributed by atoms with van der Waals surface area (Å²) in [5.74, 6) is 0.666. The molecule has 19 heavy (non-hydrogen) atoms. The van der Waals surface area contributed by atoms with E-state index in [1.807, 2.05) is 11.8 Å². The van der Waals surface area contributed by atoms with Crippen LogP contribution in [0.1, 0.15) is 53.9 Å². The van der Waals surface area contributed by atoms with Gasteiger partial charge in [0, 0.05) is 6.61 Å². The highest BCUT2D eigenvalue weighted by molar-refractivity contribution is 5.84. The van der Waals surface area contributed by atoms with Crippen LogP contribution in [-0.4, -0.2) is 42.3 Å². The standard InChI is InChI=1S/C15H30N2O2/c1-6-9-12-15(18)17(14(7-2)16-12)13(11(4)5)10-19-8-3/h11-14,16H,6-10H2,1-5H3. The summed E-state index contributed by atoms with van der Waals surface area (Å²) in [5, 5.41) is 3.47. The summed E-state index contributed by atoms with van der Waals surface area (Å²) in [5.41, 5.74) is 0. The van der Waals surface area contributed by atoms with Crippen molar-refractivity contribution in [2.24, 2.45) is 5.92 Å². The quantitative estimate of drug-likeness (QED) is 0.736. The van der Waals surface area contributed by atoms with Crippen LogP contribution in [0.2, 0.25) is 0 Å². The lowest BCUT2D eigenvalue weighted by atomic mass is 10.0. The second-order valence-corrected chi connectivity index (χ2v) is 5.65. The van der Waals surface area contributed by atoms with Gasteiger partial charge < -0.3 is 9.64 Å². The van der Waals surface area contributed by atoms with Crippen LogP contribution in [-0.2, 0) is 9.53 Å². The average molecular weight is 270 g/mol. The van der Waals surface area contributed by atoms with E-state index in [0.717, 1.165) is 19.3 Å². The molecule has 0 bridgehead atoms. The number of nitrogens with zero attached hydrogens (tertiary/aromatic N) is 1. The summed E-state index contributed by atoms with van der Waals surface area (Å²) in [4.78, 5) is 14.6. The molecule has 0 aromatic carbocycles. The Hall–Kier alpha value is -0.610. The molecule has 3 atom stereocenters. The van der Waals surface area contributed by atoms with Gasteiger partial charge in [0.05, 0.1) is 24.9 Å². The van der Waals surface area contributed by atoms with Crippen molar-refractivity contribution < 1.29 is 9.53 Å². The fraction of sp³-hybridized carbons (Fsp3) is 0.933. The third kappa shape index (κ3) is 3.93. The number of carbonyl (C=O) groups excluding carboxylic acids is 1. The number of nitrogens with one attached hydrogen (secondary N) is 1. The lowest BCUT2D eigenvalue weighted by Crippen LogP contribution is -2.49. The highest BCUT2D eigenvalue weighted by Crippen LogP contribution is 2.23. The fourth-order valence-electron chi connectivity index (χ4n) is 2.75. The van der Waals surface area contributed by atoms with Gasteiger partial charge in [-0.3, -0.25) is 10.1 Å². The van der Waals surface area contributed by atoms with Crippen molar-refractivity contribution in [1.29, 1.82) is 0 Å². The van der Waals surface area contributed by atoms with E-state index in [2.05, 4.69) is 33.0 Å². The van der Waals surface area contributed by atoms with E-state index in [1.54, 1.807) is 0 Å². The summed E-state index contributed by atoms with van der Waals surface area (Å²) in [7, 11) is 0. The summed E-state index contributed by atoms with van der Waals surface area (Å²) in [6.45, 7) is 11.9. The number of amides is 1. The monoisotopic (exact) mass is 270 g/mol. The van der Waals surface area contributed by atoms with Crippen molar-refractivity contribution in [3.05, 3.63) is 0 Å². The molecule has 1 amide bonds. The minimum Gasteiger partial charge on any atom is -0.380 e. The van der Waals surface area contributed by atoms with Crippen LogP contribution in [0.15, 0.2) is 0 Å². The van der Waals surface area contributed by atoms with Crippen LogP contribution in [0.5, 0.6) is 0 Å². The molecule has 1 aliphatic rings. The maximum Gasteiger partial charge on any atom is 0.241 e. The third-order valence-corrected chi connectivity index (χ3v) is 3.87. The zero-order chi connectivity index (χ0) is 14.4. The van der Waals surface area contributed by atoms with Crippen LogP contribution in [0, 0.1) is 5.92 Å². The number of carbonyl (C=O) groups is 1. The molecule has 3 unspecified atom stereocenters. The van der Waals surface area contributed by atoms with E-state index in [4.69, 9.17) is 4.74 Å². The van der Waals surface area contributed by atoms with Crippen molar-refractivity contribution in [3.63, 3.8) is 0 Å². The predicted molar refractivity (Wildman–Crippen MR) is 77.9 cm³/mol. The van der Waals surface area contributed by atoms with Crippen LogP contribution >= 0.6 is 0 Å². The second kappa shape index (κ2) is 7.85. The molecule has 0 aromatic rings. The summed E-state index contributed by atoms with van der Waals surface area (Å²) >= 11 is 0. The first-order chi connectivity index (χ1) is 9.06. The van der Waals surface area contributed by atoms with Gasteiger partial charge in [0.15, 0.2) is 0 Å². The fourth-order valence-corrected chi connectivity index (χ4v) is 2.75. The smallest absolute Gasteiger partial charge is 0.241 e. The maximum absolute atomic E-state index is 12.6. The molecule has 1 fully saturated rings. The molecule has 1 aliphatic heterocycles. The Morgan fingerprint density at radius 3 is 2.47 bits per heavy atom. The van der Waals surface area contributed by atoms with Gasteiger partial charge in [-0.05, 0) is 25.7 Å². The third-order valence-electron chi connectivity index (χ3n) is 3.87. The minimum absolute atomic E-state index is 0.00201. The average Bonchev–Trinajstić information content (AvgIpc) is 2.68. The molecule has 1 N–H and O–H groups in total. The van der Waals surface area contributed by atoms with Gasteiger partial charge in [-0.2, -0.15) is 0 Å². The highest BCUT2D eigenvalue weighted by atomic mass is 16.5. The molecule has 1 saturated heterocycles. The van der Waals surface area contributed by atoms with E-state index >= 15 is 0 Å². The van der Waals surface area contributed by atoms with Gasteiger partial charge in [0.2, 0.25) is 5.91 Å². The van der Waals surface area contributed by atoms with E-state index in [9.17, 15) is 4.79 Å². The highest BCUT2D eigenvalue weighted by Gasteiger charge is 2.41. The largest absolute Gasteiger partial charge is 0.380 e. The van der Waals surface area contributed by atoms with Crippen molar-refractivity contribution in [1.82, 2.24) is 10.2 Å². The normalized spacial score (nSPS) is 25.4. The first kappa shape index (κ1) is 16.4. The van der Waals surface area contributed by atoms with Gasteiger partial charge in [-0.1, -0.05) is 34.1 Å². The Morgan fingerprint density at radius 2 is 2.00 bits per heavy atom. The topological polar surface area (TPSA) is 41.6 Å². The zero-order valence-electron chi connectivity index (χ0n) is 13.1. The van der Waals surface area contributed by atoms with Crippen LogP contribution in [0.4, 0.5) is 0 Å². The zero-order valence-corrected chi connectivity index (χ0v) is 13.1.